The standard InChI is InChI=1S/C23H57O9PSi5/c1-25-33(24,26-2)27-18-19(28-34(3,4)5)21(30-36(9,10)11)23(32-38(15,16)17)22(31-37(12,13)14)20(18)29-35(6,7)8/h18-23H,1-17H3. The Kier molecular flexibility index (Phi) is 12.8. The fourth-order valence-corrected chi connectivity index (χ4v) is 10.5. The van der Waals surface area contributed by atoms with Gasteiger partial charge >= 0.3 is 7.82 Å². The van der Waals surface area contributed by atoms with Crippen LogP contribution in [-0.4, -0.2) is 92.4 Å². The lowest BCUT2D eigenvalue weighted by Gasteiger charge is -2.55. The zero-order chi connectivity index (χ0) is 30.1. The minimum Gasteiger partial charge on any atom is -0.409 e. The van der Waals surface area contributed by atoms with Crippen LogP contribution in [0.5, 0.6) is 0 Å². The fraction of sp³-hybridized carbons (Fsp3) is 1.00. The maximum atomic E-state index is 13.5. The van der Waals surface area contributed by atoms with E-state index < -0.39 is 86.0 Å². The third kappa shape index (κ3) is 12.9. The smallest absolute Gasteiger partial charge is 0.409 e. The minimum absolute atomic E-state index is 0.452. The quantitative estimate of drug-likeness (QED) is 0.148. The van der Waals surface area contributed by atoms with Crippen molar-refractivity contribution in [2.45, 2.75) is 135 Å². The summed E-state index contributed by atoms with van der Waals surface area (Å²) in [5.74, 6) is 0. The lowest BCUT2D eigenvalue weighted by Crippen LogP contribution is -2.72. The van der Waals surface area contributed by atoms with E-state index in [0.29, 0.717) is 0 Å². The van der Waals surface area contributed by atoms with Gasteiger partial charge in [0.1, 0.15) is 36.6 Å². The van der Waals surface area contributed by atoms with Crippen molar-refractivity contribution in [3.8, 4) is 0 Å². The van der Waals surface area contributed by atoms with E-state index in [1.54, 1.807) is 0 Å². The molecule has 0 aliphatic heterocycles. The van der Waals surface area contributed by atoms with E-state index in [2.05, 4.69) is 98.2 Å². The largest absolute Gasteiger partial charge is 0.474 e. The SMILES string of the molecule is COP(=O)(OC)OC1C(O[Si](C)(C)C)C(O[Si](C)(C)C)C(O[Si](C)(C)C)C(O[Si](C)(C)C)C1O[Si](C)(C)C. The monoisotopic (exact) mass is 648 g/mol. The number of hydrogen-bond donors (Lipinski definition) is 0. The van der Waals surface area contributed by atoms with Crippen LogP contribution >= 0.6 is 7.82 Å². The van der Waals surface area contributed by atoms with Crippen LogP contribution in [0.1, 0.15) is 0 Å². The van der Waals surface area contributed by atoms with Gasteiger partial charge in [0.05, 0.1) is 0 Å². The molecule has 1 aliphatic rings. The summed E-state index contributed by atoms with van der Waals surface area (Å²) in [5.41, 5.74) is 0. The third-order valence-corrected chi connectivity index (χ3v) is 11.4. The molecule has 0 bridgehead atoms. The second kappa shape index (κ2) is 13.1. The molecule has 9 nitrogen and oxygen atoms in total. The summed E-state index contributed by atoms with van der Waals surface area (Å²) in [7, 11) is -12.0. The second-order valence-corrected chi connectivity index (χ2v) is 39.0. The van der Waals surface area contributed by atoms with Gasteiger partial charge in [0.25, 0.3) is 0 Å². The van der Waals surface area contributed by atoms with Gasteiger partial charge in [0.15, 0.2) is 41.6 Å². The van der Waals surface area contributed by atoms with Crippen molar-refractivity contribution < 1.29 is 40.3 Å². The third-order valence-electron chi connectivity index (χ3n) is 5.09. The molecule has 4 unspecified atom stereocenters. The van der Waals surface area contributed by atoms with Crippen LogP contribution in [0.4, 0.5) is 0 Å². The maximum absolute atomic E-state index is 13.5. The van der Waals surface area contributed by atoms with Crippen LogP contribution in [0.3, 0.4) is 0 Å². The zero-order valence-corrected chi connectivity index (χ0v) is 33.0. The van der Waals surface area contributed by atoms with Crippen molar-refractivity contribution in [3.63, 3.8) is 0 Å². The van der Waals surface area contributed by atoms with E-state index in [1.165, 1.54) is 14.2 Å². The molecule has 0 saturated heterocycles. The van der Waals surface area contributed by atoms with Crippen molar-refractivity contribution in [3.05, 3.63) is 0 Å². The Bertz CT molecular complexity index is 748. The highest BCUT2D eigenvalue weighted by Crippen LogP contribution is 2.52. The van der Waals surface area contributed by atoms with Gasteiger partial charge in [-0.1, -0.05) is 0 Å². The van der Waals surface area contributed by atoms with E-state index in [9.17, 15) is 4.57 Å². The average Bonchev–Trinajstić information content (AvgIpc) is 2.65. The summed E-state index contributed by atoms with van der Waals surface area (Å²) in [6.45, 7) is 32.1. The molecule has 1 saturated carbocycles. The predicted molar refractivity (Wildman–Crippen MR) is 168 cm³/mol. The van der Waals surface area contributed by atoms with Gasteiger partial charge < -0.3 is 22.1 Å². The number of phosphoric acid groups is 1. The maximum Gasteiger partial charge on any atom is 0.474 e. The van der Waals surface area contributed by atoms with Crippen LogP contribution in [0, 0.1) is 0 Å². The first-order valence-electron chi connectivity index (χ1n) is 13.5. The molecule has 0 aromatic rings. The molecular weight excluding hydrogens is 592 g/mol. The second-order valence-electron chi connectivity index (χ2n) is 14.9. The molecule has 0 heterocycles. The molecule has 0 amide bonds. The summed E-state index contributed by atoms with van der Waals surface area (Å²) in [5, 5.41) is 0. The fourth-order valence-electron chi connectivity index (χ4n) is 4.26. The van der Waals surface area contributed by atoms with Gasteiger partial charge in [-0.15, -0.1) is 0 Å². The summed E-state index contributed by atoms with van der Waals surface area (Å²) in [4.78, 5) is 0. The van der Waals surface area contributed by atoms with Crippen molar-refractivity contribution in [1.29, 1.82) is 0 Å². The highest BCUT2D eigenvalue weighted by atomic mass is 31.2. The van der Waals surface area contributed by atoms with Gasteiger partial charge in [-0.3, -0.25) is 13.6 Å². The predicted octanol–water partition coefficient (Wildman–Crippen LogP) is 6.89. The Hall–Kier alpha value is 0.994. The Morgan fingerprint density at radius 3 is 0.737 bits per heavy atom. The molecule has 4 atom stereocenters. The highest BCUT2D eigenvalue weighted by molar-refractivity contribution is 7.48. The van der Waals surface area contributed by atoms with Gasteiger partial charge in [0.2, 0.25) is 0 Å². The van der Waals surface area contributed by atoms with Gasteiger partial charge in [-0.2, -0.15) is 0 Å². The molecule has 0 radical (unpaired) electrons. The molecule has 1 rings (SSSR count). The van der Waals surface area contributed by atoms with Crippen molar-refractivity contribution in [1.82, 2.24) is 0 Å². The lowest BCUT2D eigenvalue weighted by molar-refractivity contribution is -0.197. The van der Waals surface area contributed by atoms with Gasteiger partial charge in [0, 0.05) is 14.2 Å². The number of rotatable bonds is 14. The molecule has 0 aromatic carbocycles. The summed E-state index contributed by atoms with van der Waals surface area (Å²) < 4.78 is 64.8. The molecule has 0 spiro atoms. The molecule has 0 N–H and O–H groups in total. The summed E-state index contributed by atoms with van der Waals surface area (Å²) in [6, 6.07) is 0. The van der Waals surface area contributed by atoms with Crippen LogP contribution in [0.2, 0.25) is 98.2 Å². The first-order valence-corrected chi connectivity index (χ1v) is 32.0. The molecule has 0 aromatic heterocycles. The molecule has 15 heteroatoms. The van der Waals surface area contributed by atoms with E-state index in [0.717, 1.165) is 0 Å². The van der Waals surface area contributed by atoms with Crippen molar-refractivity contribution in [2.75, 3.05) is 14.2 Å². The molecule has 1 fully saturated rings. The summed E-state index contributed by atoms with van der Waals surface area (Å²) >= 11 is 0. The van der Waals surface area contributed by atoms with Crippen LogP contribution in [-0.2, 0) is 40.3 Å². The lowest BCUT2D eigenvalue weighted by atomic mass is 9.85. The minimum atomic E-state index is -3.92. The topological polar surface area (TPSA) is 90.9 Å². The van der Waals surface area contributed by atoms with Crippen LogP contribution in [0.15, 0.2) is 0 Å². The molecule has 1 aliphatic carbocycles. The van der Waals surface area contributed by atoms with E-state index in [4.69, 9.17) is 35.7 Å². The summed E-state index contributed by atoms with van der Waals surface area (Å²) in [6.07, 6.45) is -3.58. The molecule has 38 heavy (non-hydrogen) atoms. The van der Waals surface area contributed by atoms with Crippen LogP contribution in [0.25, 0.3) is 0 Å². The Morgan fingerprint density at radius 2 is 0.579 bits per heavy atom. The zero-order valence-electron chi connectivity index (χ0n) is 27.1. The van der Waals surface area contributed by atoms with Crippen LogP contribution < -0.4 is 0 Å². The Morgan fingerprint density at radius 1 is 0.395 bits per heavy atom. The van der Waals surface area contributed by atoms with Gasteiger partial charge in [-0.25, -0.2) is 4.57 Å². The van der Waals surface area contributed by atoms with E-state index in [1.807, 2.05) is 0 Å². The van der Waals surface area contributed by atoms with Crippen molar-refractivity contribution >= 4 is 49.4 Å². The van der Waals surface area contributed by atoms with E-state index in [-0.39, 0.29) is 0 Å². The molecular formula is C23H57O9PSi5. The average molecular weight is 649 g/mol. The highest BCUT2D eigenvalue weighted by Gasteiger charge is 2.59. The van der Waals surface area contributed by atoms with Crippen molar-refractivity contribution in [2.24, 2.45) is 0 Å². The Labute approximate surface area is 238 Å². The number of phosphoric ester groups is 1. The normalized spacial score (nSPS) is 28.6. The molecule has 228 valence electrons. The number of hydrogen-bond acceptors (Lipinski definition) is 9. The van der Waals surface area contributed by atoms with Gasteiger partial charge in [-0.05, 0) is 98.2 Å². The first-order chi connectivity index (χ1) is 16.7. The first kappa shape index (κ1) is 37.0. The van der Waals surface area contributed by atoms with E-state index >= 15 is 0 Å². The Balaban J connectivity index is 4.03.